The zero-order valence-corrected chi connectivity index (χ0v) is 16.2. The summed E-state index contributed by atoms with van der Waals surface area (Å²) >= 11 is 7.14. The maximum atomic E-state index is 13.2. The summed E-state index contributed by atoms with van der Waals surface area (Å²) in [5.41, 5.74) is 2.67. The molecule has 0 aromatic heterocycles. The summed E-state index contributed by atoms with van der Waals surface area (Å²) in [4.78, 5) is 40.1. The molecule has 1 N–H and O–H groups in total. The Balaban J connectivity index is 1.72. The highest BCUT2D eigenvalue weighted by molar-refractivity contribution is 8.04. The molecule has 2 aromatic carbocycles. The van der Waals surface area contributed by atoms with Gasteiger partial charge in [-0.15, -0.1) is 0 Å². The van der Waals surface area contributed by atoms with Gasteiger partial charge in [-0.1, -0.05) is 53.7 Å². The molecular formula is C20H15ClN2O4S. The van der Waals surface area contributed by atoms with E-state index in [4.69, 9.17) is 16.7 Å². The maximum Gasteiger partial charge on any atom is 0.323 e. The van der Waals surface area contributed by atoms with Crippen LogP contribution in [0.15, 0.2) is 53.4 Å². The molecule has 6 nitrogen and oxygen atoms in total. The van der Waals surface area contributed by atoms with E-state index in [1.807, 2.05) is 36.4 Å². The molecule has 8 heteroatoms. The zero-order valence-electron chi connectivity index (χ0n) is 14.6. The number of amides is 2. The first kappa shape index (κ1) is 18.6. The smallest absolute Gasteiger partial charge is 0.323 e. The fraction of sp³-hybridized carbons (Fsp3) is 0.150. The second-order valence-corrected chi connectivity index (χ2v) is 7.80. The van der Waals surface area contributed by atoms with Crippen LogP contribution in [0.1, 0.15) is 11.1 Å². The SMILES string of the molecule is O=C(O)CN1CS/C(=C2\C(=O)N(Cc3ccc(Cl)cc3)c3ccccc32)C1=O. The van der Waals surface area contributed by atoms with Gasteiger partial charge in [-0.2, -0.15) is 0 Å². The minimum atomic E-state index is -1.08. The van der Waals surface area contributed by atoms with Gasteiger partial charge in [0, 0.05) is 10.6 Å². The van der Waals surface area contributed by atoms with Crippen molar-refractivity contribution in [1.29, 1.82) is 0 Å². The molecule has 0 unspecified atom stereocenters. The fourth-order valence-corrected chi connectivity index (χ4v) is 4.51. The lowest BCUT2D eigenvalue weighted by molar-refractivity contribution is -0.141. The van der Waals surface area contributed by atoms with Crippen molar-refractivity contribution in [3.63, 3.8) is 0 Å². The van der Waals surface area contributed by atoms with Crippen LogP contribution in [0.3, 0.4) is 0 Å². The molecule has 2 amide bonds. The summed E-state index contributed by atoms with van der Waals surface area (Å²) < 4.78 is 0. The number of carboxylic acid groups (broad SMARTS) is 1. The van der Waals surface area contributed by atoms with E-state index in [0.29, 0.717) is 27.6 Å². The molecule has 0 aliphatic carbocycles. The molecule has 0 saturated carbocycles. The molecule has 0 spiro atoms. The van der Waals surface area contributed by atoms with E-state index in [1.165, 1.54) is 16.7 Å². The summed E-state index contributed by atoms with van der Waals surface area (Å²) in [6, 6.07) is 14.6. The van der Waals surface area contributed by atoms with Crippen LogP contribution < -0.4 is 4.90 Å². The highest BCUT2D eigenvalue weighted by Crippen LogP contribution is 2.44. The van der Waals surface area contributed by atoms with E-state index < -0.39 is 11.9 Å². The molecule has 0 bridgehead atoms. The quantitative estimate of drug-likeness (QED) is 0.777. The van der Waals surface area contributed by atoms with Gasteiger partial charge >= 0.3 is 5.97 Å². The lowest BCUT2D eigenvalue weighted by Crippen LogP contribution is -2.31. The second-order valence-electron chi connectivity index (χ2n) is 6.41. The van der Waals surface area contributed by atoms with E-state index in [-0.39, 0.29) is 18.3 Å². The highest BCUT2D eigenvalue weighted by Gasteiger charge is 2.40. The number of thioether (sulfide) groups is 1. The number of hydrogen-bond donors (Lipinski definition) is 1. The van der Waals surface area contributed by atoms with E-state index in [0.717, 1.165) is 11.3 Å². The van der Waals surface area contributed by atoms with Gasteiger partial charge in [0.1, 0.15) is 6.54 Å². The summed E-state index contributed by atoms with van der Waals surface area (Å²) in [5.74, 6) is -1.54. The number of nitrogens with zero attached hydrogens (tertiary/aromatic N) is 2. The molecule has 2 aliphatic rings. The van der Waals surface area contributed by atoms with Gasteiger partial charge in [0.2, 0.25) is 0 Å². The fourth-order valence-electron chi connectivity index (χ4n) is 3.30. The minimum absolute atomic E-state index is 0.219. The lowest BCUT2D eigenvalue weighted by Gasteiger charge is -2.17. The van der Waals surface area contributed by atoms with Crippen molar-refractivity contribution in [2.75, 3.05) is 17.3 Å². The van der Waals surface area contributed by atoms with Crippen molar-refractivity contribution in [1.82, 2.24) is 4.90 Å². The maximum absolute atomic E-state index is 13.2. The van der Waals surface area contributed by atoms with Crippen molar-refractivity contribution in [2.24, 2.45) is 0 Å². The number of rotatable bonds is 4. The third-order valence-electron chi connectivity index (χ3n) is 4.58. The van der Waals surface area contributed by atoms with Gasteiger partial charge in [-0.05, 0) is 23.8 Å². The second kappa shape index (κ2) is 7.33. The number of hydrogen-bond acceptors (Lipinski definition) is 4. The first-order valence-electron chi connectivity index (χ1n) is 8.49. The topological polar surface area (TPSA) is 77.9 Å². The largest absolute Gasteiger partial charge is 0.480 e. The minimum Gasteiger partial charge on any atom is -0.480 e. The van der Waals surface area contributed by atoms with Gasteiger partial charge in [0.15, 0.2) is 0 Å². The monoisotopic (exact) mass is 414 g/mol. The van der Waals surface area contributed by atoms with Crippen molar-refractivity contribution >= 4 is 52.4 Å². The van der Waals surface area contributed by atoms with E-state index in [1.54, 1.807) is 17.0 Å². The van der Waals surface area contributed by atoms with Crippen LogP contribution in [0.2, 0.25) is 5.02 Å². The van der Waals surface area contributed by atoms with E-state index in [9.17, 15) is 14.4 Å². The lowest BCUT2D eigenvalue weighted by atomic mass is 10.1. The Morgan fingerprint density at radius 2 is 1.79 bits per heavy atom. The van der Waals surface area contributed by atoms with Crippen LogP contribution in [0, 0.1) is 0 Å². The van der Waals surface area contributed by atoms with Crippen molar-refractivity contribution in [2.45, 2.75) is 6.54 Å². The van der Waals surface area contributed by atoms with Gasteiger partial charge in [-0.25, -0.2) is 0 Å². The highest BCUT2D eigenvalue weighted by atomic mass is 35.5. The Bertz CT molecular complexity index is 1020. The number of halogens is 1. The van der Waals surface area contributed by atoms with Gasteiger partial charge in [0.25, 0.3) is 11.8 Å². The summed E-state index contributed by atoms with van der Waals surface area (Å²) in [6.45, 7) is -0.0333. The van der Waals surface area contributed by atoms with E-state index in [2.05, 4.69) is 0 Å². The van der Waals surface area contributed by atoms with Crippen LogP contribution in [-0.2, 0) is 20.9 Å². The first-order valence-corrected chi connectivity index (χ1v) is 9.86. The summed E-state index contributed by atoms with van der Waals surface area (Å²) in [7, 11) is 0. The number of benzene rings is 2. The number of carbonyl (C=O) groups is 3. The van der Waals surface area contributed by atoms with Crippen molar-refractivity contribution in [3.05, 3.63) is 69.6 Å². The Labute approximate surface area is 170 Å². The molecule has 0 radical (unpaired) electrons. The number of anilines is 1. The molecule has 2 aromatic rings. The molecule has 1 saturated heterocycles. The summed E-state index contributed by atoms with van der Waals surface area (Å²) in [5, 5.41) is 9.59. The third-order valence-corrected chi connectivity index (χ3v) is 5.94. The standard InChI is InChI=1S/C20H15ClN2O4S/c21-13-7-5-12(6-8-13)9-23-15-4-2-1-3-14(15)17(19(23)26)18-20(27)22(11-28-18)10-16(24)25/h1-8H,9-11H2,(H,24,25)/b18-17-. The molecule has 4 rings (SSSR count). The van der Waals surface area contributed by atoms with Crippen LogP contribution in [0.4, 0.5) is 5.69 Å². The molecule has 0 atom stereocenters. The third kappa shape index (κ3) is 3.27. The average Bonchev–Trinajstić information content (AvgIpc) is 3.14. The van der Waals surface area contributed by atoms with Gasteiger partial charge in [0.05, 0.1) is 28.6 Å². The predicted molar refractivity (Wildman–Crippen MR) is 108 cm³/mol. The number of fused-ring (bicyclic) bond motifs is 1. The number of carboxylic acids is 1. The van der Waals surface area contributed by atoms with Gasteiger partial charge < -0.3 is 14.9 Å². The molecule has 2 heterocycles. The van der Waals surface area contributed by atoms with E-state index >= 15 is 0 Å². The van der Waals surface area contributed by atoms with Crippen LogP contribution in [-0.4, -0.2) is 40.2 Å². The molecule has 142 valence electrons. The number of carbonyl (C=O) groups excluding carboxylic acids is 2. The normalized spacial score (nSPS) is 18.8. The van der Waals surface area contributed by atoms with Crippen LogP contribution in [0.5, 0.6) is 0 Å². The molecule has 1 fully saturated rings. The molecular weight excluding hydrogens is 400 g/mol. The van der Waals surface area contributed by atoms with Crippen molar-refractivity contribution < 1.29 is 19.5 Å². The zero-order chi connectivity index (χ0) is 19.8. The van der Waals surface area contributed by atoms with Crippen LogP contribution in [0.25, 0.3) is 5.57 Å². The van der Waals surface area contributed by atoms with Crippen LogP contribution >= 0.6 is 23.4 Å². The molecule has 2 aliphatic heterocycles. The number of para-hydroxylation sites is 1. The first-order chi connectivity index (χ1) is 13.5. The Kier molecular flexibility index (Phi) is 4.87. The molecule has 28 heavy (non-hydrogen) atoms. The Morgan fingerprint density at radius 3 is 2.50 bits per heavy atom. The number of aliphatic carboxylic acids is 1. The average molecular weight is 415 g/mol. The van der Waals surface area contributed by atoms with Gasteiger partial charge in [-0.3, -0.25) is 14.4 Å². The Morgan fingerprint density at radius 1 is 1.07 bits per heavy atom. The predicted octanol–water partition coefficient (Wildman–Crippen LogP) is 3.22. The summed E-state index contributed by atoms with van der Waals surface area (Å²) in [6.07, 6.45) is 0. The van der Waals surface area contributed by atoms with Crippen molar-refractivity contribution in [3.8, 4) is 0 Å². The Hall–Kier alpha value is -2.77.